The summed E-state index contributed by atoms with van der Waals surface area (Å²) >= 11 is 0. The van der Waals surface area contributed by atoms with Gasteiger partial charge in [0.15, 0.2) is 0 Å². The molecular formula is C15H24ClFN2. The molecule has 1 aromatic carbocycles. The molecule has 19 heavy (non-hydrogen) atoms. The summed E-state index contributed by atoms with van der Waals surface area (Å²) in [6.45, 7) is 6.62. The lowest BCUT2D eigenvalue weighted by atomic mass is 9.90. The highest BCUT2D eigenvalue weighted by Gasteiger charge is 2.27. The molecule has 0 saturated carbocycles. The van der Waals surface area contributed by atoms with E-state index in [0.717, 1.165) is 17.7 Å². The first-order chi connectivity index (χ1) is 8.61. The van der Waals surface area contributed by atoms with Crippen molar-refractivity contribution in [3.8, 4) is 0 Å². The predicted octanol–water partition coefficient (Wildman–Crippen LogP) is 3.12. The minimum Gasteiger partial charge on any atom is -0.329 e. The van der Waals surface area contributed by atoms with Gasteiger partial charge in [-0.3, -0.25) is 4.90 Å². The van der Waals surface area contributed by atoms with Crippen LogP contribution in [0.2, 0.25) is 0 Å². The van der Waals surface area contributed by atoms with Crippen molar-refractivity contribution in [3.05, 3.63) is 35.1 Å². The smallest absolute Gasteiger partial charge is 0.127 e. The van der Waals surface area contributed by atoms with E-state index >= 15 is 0 Å². The van der Waals surface area contributed by atoms with Gasteiger partial charge in [-0.05, 0) is 38.3 Å². The lowest BCUT2D eigenvalue weighted by Gasteiger charge is -2.39. The third-order valence-electron chi connectivity index (χ3n) is 4.05. The van der Waals surface area contributed by atoms with Gasteiger partial charge in [-0.25, -0.2) is 4.39 Å². The molecule has 1 fully saturated rings. The molecule has 1 heterocycles. The minimum atomic E-state index is -0.102. The van der Waals surface area contributed by atoms with Crippen LogP contribution in [-0.2, 0) is 6.54 Å². The number of benzene rings is 1. The first-order valence-corrected chi connectivity index (χ1v) is 6.81. The van der Waals surface area contributed by atoms with Crippen LogP contribution in [0.15, 0.2) is 18.2 Å². The van der Waals surface area contributed by atoms with Crippen molar-refractivity contribution >= 4 is 12.4 Å². The quantitative estimate of drug-likeness (QED) is 0.925. The Hall–Kier alpha value is -0.640. The Morgan fingerprint density at radius 3 is 2.84 bits per heavy atom. The Morgan fingerprint density at radius 2 is 2.16 bits per heavy atom. The van der Waals surface area contributed by atoms with E-state index in [2.05, 4.69) is 11.8 Å². The van der Waals surface area contributed by atoms with Crippen LogP contribution in [0.1, 0.15) is 30.9 Å². The Labute approximate surface area is 121 Å². The number of nitrogens with zero attached hydrogens (tertiary/aromatic N) is 1. The lowest BCUT2D eigenvalue weighted by Crippen LogP contribution is -2.48. The van der Waals surface area contributed by atoms with Crippen LogP contribution in [0, 0.1) is 18.7 Å². The zero-order valence-electron chi connectivity index (χ0n) is 11.7. The SMILES string of the molecule is Cc1ccc(F)c(CN2CCCC(C)C2CN)c1.Cl. The molecule has 0 aromatic heterocycles. The number of hydrogen-bond acceptors (Lipinski definition) is 2. The van der Waals surface area contributed by atoms with Crippen molar-refractivity contribution in [2.75, 3.05) is 13.1 Å². The number of likely N-dealkylation sites (tertiary alicyclic amines) is 1. The molecular weight excluding hydrogens is 263 g/mol. The number of piperidine rings is 1. The zero-order chi connectivity index (χ0) is 13.1. The van der Waals surface area contributed by atoms with E-state index in [-0.39, 0.29) is 18.2 Å². The summed E-state index contributed by atoms with van der Waals surface area (Å²) in [4.78, 5) is 2.34. The van der Waals surface area contributed by atoms with Crippen LogP contribution < -0.4 is 5.73 Å². The van der Waals surface area contributed by atoms with Crippen LogP contribution in [-0.4, -0.2) is 24.0 Å². The summed E-state index contributed by atoms with van der Waals surface area (Å²) in [5.74, 6) is 0.506. The number of halogens is 2. The fraction of sp³-hybridized carbons (Fsp3) is 0.600. The van der Waals surface area contributed by atoms with Gasteiger partial charge in [0, 0.05) is 24.7 Å². The number of hydrogen-bond donors (Lipinski definition) is 1. The summed E-state index contributed by atoms with van der Waals surface area (Å²) < 4.78 is 13.8. The van der Waals surface area contributed by atoms with Gasteiger partial charge in [-0.2, -0.15) is 0 Å². The van der Waals surface area contributed by atoms with Crippen LogP contribution in [0.5, 0.6) is 0 Å². The maximum Gasteiger partial charge on any atom is 0.127 e. The second-order valence-corrected chi connectivity index (χ2v) is 5.49. The van der Waals surface area contributed by atoms with Crippen molar-refractivity contribution in [1.29, 1.82) is 0 Å². The molecule has 2 nitrogen and oxygen atoms in total. The van der Waals surface area contributed by atoms with Gasteiger partial charge in [0.25, 0.3) is 0 Å². The largest absolute Gasteiger partial charge is 0.329 e. The van der Waals surface area contributed by atoms with Crippen molar-refractivity contribution in [3.63, 3.8) is 0 Å². The lowest BCUT2D eigenvalue weighted by molar-refractivity contribution is 0.0979. The van der Waals surface area contributed by atoms with Crippen LogP contribution in [0.4, 0.5) is 4.39 Å². The molecule has 0 radical (unpaired) electrons. The molecule has 1 aliphatic heterocycles. The first-order valence-electron chi connectivity index (χ1n) is 6.81. The highest BCUT2D eigenvalue weighted by Crippen LogP contribution is 2.25. The summed E-state index contributed by atoms with van der Waals surface area (Å²) in [7, 11) is 0. The first kappa shape index (κ1) is 16.4. The summed E-state index contributed by atoms with van der Waals surface area (Å²) in [6, 6.07) is 5.72. The molecule has 0 aliphatic carbocycles. The number of nitrogens with two attached hydrogens (primary N) is 1. The summed E-state index contributed by atoms with van der Waals surface area (Å²) in [6.07, 6.45) is 2.42. The maximum atomic E-state index is 13.8. The van der Waals surface area contributed by atoms with Crippen molar-refractivity contribution < 1.29 is 4.39 Å². The van der Waals surface area contributed by atoms with Gasteiger partial charge in [-0.15, -0.1) is 12.4 Å². The number of rotatable bonds is 3. The summed E-state index contributed by atoms with van der Waals surface area (Å²) in [5.41, 5.74) is 7.78. The normalized spacial score (nSPS) is 24.0. The molecule has 0 spiro atoms. The molecule has 2 N–H and O–H groups in total. The average molecular weight is 287 g/mol. The molecule has 1 aliphatic rings. The molecule has 0 bridgehead atoms. The number of aryl methyl sites for hydroxylation is 1. The van der Waals surface area contributed by atoms with E-state index in [1.54, 1.807) is 6.07 Å². The van der Waals surface area contributed by atoms with Crippen molar-refractivity contribution in [2.45, 2.75) is 39.3 Å². The Morgan fingerprint density at radius 1 is 1.42 bits per heavy atom. The monoisotopic (exact) mass is 286 g/mol. The topological polar surface area (TPSA) is 29.3 Å². The van der Waals surface area contributed by atoms with Gasteiger partial charge in [-0.1, -0.05) is 24.6 Å². The molecule has 1 aromatic rings. The molecule has 1 saturated heterocycles. The van der Waals surface area contributed by atoms with Crippen LogP contribution in [0.25, 0.3) is 0 Å². The third-order valence-corrected chi connectivity index (χ3v) is 4.05. The predicted molar refractivity (Wildman–Crippen MR) is 80.0 cm³/mol. The van der Waals surface area contributed by atoms with Gasteiger partial charge in [0.05, 0.1) is 0 Å². The molecule has 2 rings (SSSR count). The zero-order valence-corrected chi connectivity index (χ0v) is 12.5. The highest BCUT2D eigenvalue weighted by molar-refractivity contribution is 5.85. The van der Waals surface area contributed by atoms with E-state index in [1.165, 1.54) is 12.8 Å². The van der Waals surface area contributed by atoms with Gasteiger partial charge in [0.1, 0.15) is 5.82 Å². The fourth-order valence-corrected chi connectivity index (χ4v) is 2.96. The Balaban J connectivity index is 0.00000180. The fourth-order valence-electron chi connectivity index (χ4n) is 2.96. The second kappa shape index (κ2) is 7.22. The highest BCUT2D eigenvalue weighted by atomic mass is 35.5. The maximum absolute atomic E-state index is 13.8. The third kappa shape index (κ3) is 3.91. The van der Waals surface area contributed by atoms with E-state index in [1.807, 2.05) is 19.1 Å². The second-order valence-electron chi connectivity index (χ2n) is 5.49. The standard InChI is InChI=1S/C15H23FN2.ClH/c1-11-5-6-14(16)13(8-11)10-18-7-3-4-12(2)15(18)9-17;/h5-6,8,12,15H,3-4,7,9-10,17H2,1-2H3;1H. The average Bonchev–Trinajstić information content (AvgIpc) is 2.34. The molecule has 4 heteroatoms. The van der Waals surface area contributed by atoms with Gasteiger partial charge < -0.3 is 5.73 Å². The van der Waals surface area contributed by atoms with Crippen LogP contribution >= 0.6 is 12.4 Å². The van der Waals surface area contributed by atoms with E-state index < -0.39 is 0 Å². The summed E-state index contributed by atoms with van der Waals surface area (Å²) in [5, 5.41) is 0. The van der Waals surface area contributed by atoms with E-state index in [9.17, 15) is 4.39 Å². The van der Waals surface area contributed by atoms with Crippen molar-refractivity contribution in [2.24, 2.45) is 11.7 Å². The van der Waals surface area contributed by atoms with Crippen LogP contribution in [0.3, 0.4) is 0 Å². The minimum absolute atomic E-state index is 0. The molecule has 2 atom stereocenters. The van der Waals surface area contributed by atoms with Gasteiger partial charge >= 0.3 is 0 Å². The molecule has 108 valence electrons. The Kier molecular flexibility index (Phi) is 6.24. The van der Waals surface area contributed by atoms with Crippen molar-refractivity contribution in [1.82, 2.24) is 4.90 Å². The Bertz CT molecular complexity index is 411. The van der Waals surface area contributed by atoms with E-state index in [0.29, 0.717) is 25.0 Å². The van der Waals surface area contributed by atoms with Gasteiger partial charge in [0.2, 0.25) is 0 Å². The molecule has 0 amide bonds. The van der Waals surface area contributed by atoms with E-state index in [4.69, 9.17) is 5.73 Å². The molecule has 2 unspecified atom stereocenters.